The molecule has 1 aliphatic rings. The first-order valence-corrected chi connectivity index (χ1v) is 7.78. The summed E-state index contributed by atoms with van der Waals surface area (Å²) < 4.78 is 23.5. The van der Waals surface area contributed by atoms with E-state index in [1.807, 2.05) is 12.1 Å². The zero-order valence-electron chi connectivity index (χ0n) is 12.9. The number of rotatable bonds is 5. The third kappa shape index (κ3) is 3.39. The van der Waals surface area contributed by atoms with Crippen LogP contribution in [0.2, 0.25) is 0 Å². The normalized spacial score (nSPS) is 19.5. The molecule has 0 aromatic heterocycles. The molecule has 0 spiro atoms. The average molecular weight is 303 g/mol. The Morgan fingerprint density at radius 3 is 2.86 bits per heavy atom. The zero-order valence-corrected chi connectivity index (χ0v) is 12.9. The minimum Gasteiger partial charge on any atom is -0.497 e. The Balaban J connectivity index is 1.77. The second-order valence-corrected chi connectivity index (χ2v) is 5.68. The van der Waals surface area contributed by atoms with E-state index in [0.29, 0.717) is 13.0 Å². The van der Waals surface area contributed by atoms with Gasteiger partial charge in [-0.3, -0.25) is 9.29 Å². The molecular weight excluding hydrogens is 281 g/mol. The van der Waals surface area contributed by atoms with Crippen LogP contribution in [-0.4, -0.2) is 44.9 Å². The number of nitrogens with zero attached hydrogens (tertiary/aromatic N) is 1. The summed E-state index contributed by atoms with van der Waals surface area (Å²) in [4.78, 5) is 2.28. The summed E-state index contributed by atoms with van der Waals surface area (Å²) in [6.07, 6.45) is 0.671. The molecule has 4 heteroatoms. The minimum atomic E-state index is -0.250. The van der Waals surface area contributed by atoms with Gasteiger partial charge in [0.1, 0.15) is 5.75 Å². The average Bonchev–Trinajstić information content (AvgIpc) is 2.59. The maximum atomic E-state index is 12.3. The summed E-state index contributed by atoms with van der Waals surface area (Å²) in [5.74, 6) is 0.867. The fourth-order valence-electron chi connectivity index (χ4n) is 2.96. The Hall–Kier alpha value is -1.65. The lowest BCUT2D eigenvalue weighted by Gasteiger charge is -2.33. The molecule has 0 aliphatic carbocycles. The first-order chi connectivity index (χ1) is 10.8. The molecule has 3 rings (SSSR count). The molecule has 118 valence electrons. The highest BCUT2D eigenvalue weighted by Gasteiger charge is 2.21. The summed E-state index contributed by atoms with van der Waals surface area (Å²) >= 11 is 0. The smallest absolute Gasteiger partial charge is 0.119 e. The Labute approximate surface area is 130 Å². The highest BCUT2D eigenvalue weighted by atomic mass is 19.1. The molecule has 22 heavy (non-hydrogen) atoms. The van der Waals surface area contributed by atoms with Gasteiger partial charge in [-0.05, 0) is 41.0 Å². The van der Waals surface area contributed by atoms with E-state index in [1.165, 1.54) is 10.9 Å². The van der Waals surface area contributed by atoms with Gasteiger partial charge in [-0.2, -0.15) is 0 Å². The first-order valence-electron chi connectivity index (χ1n) is 7.78. The van der Waals surface area contributed by atoms with E-state index in [0.717, 1.165) is 30.8 Å². The van der Waals surface area contributed by atoms with Crippen molar-refractivity contribution >= 4 is 10.8 Å². The standard InChI is InChI=1S/C18H22FNO2/c1-21-17-6-5-14-11-16(4-3-15(14)12-17)18-13-20(8-2-7-19)9-10-22-18/h3-6,11-12,18H,2,7-10,13H2,1H3. The first kappa shape index (κ1) is 15.3. The van der Waals surface area contributed by atoms with Gasteiger partial charge < -0.3 is 9.47 Å². The summed E-state index contributed by atoms with van der Waals surface area (Å²) in [7, 11) is 1.68. The fourth-order valence-corrected chi connectivity index (χ4v) is 2.96. The van der Waals surface area contributed by atoms with Crippen LogP contribution in [0.3, 0.4) is 0 Å². The van der Waals surface area contributed by atoms with Gasteiger partial charge in [0.15, 0.2) is 0 Å². The molecule has 1 saturated heterocycles. The van der Waals surface area contributed by atoms with Crippen LogP contribution in [0.5, 0.6) is 5.75 Å². The molecule has 1 aliphatic heterocycles. The topological polar surface area (TPSA) is 21.7 Å². The Kier molecular flexibility index (Phi) is 4.90. The molecule has 1 fully saturated rings. The van der Waals surface area contributed by atoms with Gasteiger partial charge in [0.05, 0.1) is 26.5 Å². The molecule has 1 atom stereocenters. The predicted molar refractivity (Wildman–Crippen MR) is 86.2 cm³/mol. The van der Waals surface area contributed by atoms with Gasteiger partial charge in [0.2, 0.25) is 0 Å². The largest absolute Gasteiger partial charge is 0.497 e. The van der Waals surface area contributed by atoms with Gasteiger partial charge >= 0.3 is 0 Å². The van der Waals surface area contributed by atoms with Crippen molar-refractivity contribution in [3.63, 3.8) is 0 Å². The molecule has 0 radical (unpaired) electrons. The van der Waals surface area contributed by atoms with Crippen molar-refractivity contribution in [1.29, 1.82) is 0 Å². The second-order valence-electron chi connectivity index (χ2n) is 5.68. The van der Waals surface area contributed by atoms with Crippen molar-refractivity contribution in [2.45, 2.75) is 12.5 Å². The maximum Gasteiger partial charge on any atom is 0.119 e. The third-order valence-electron chi connectivity index (χ3n) is 4.20. The SMILES string of the molecule is COc1ccc2cc(C3CN(CCCF)CCO3)ccc2c1. The van der Waals surface area contributed by atoms with Gasteiger partial charge in [-0.15, -0.1) is 0 Å². The van der Waals surface area contributed by atoms with E-state index < -0.39 is 0 Å². The number of hydrogen-bond acceptors (Lipinski definition) is 3. The molecule has 2 aromatic rings. The Morgan fingerprint density at radius 1 is 1.23 bits per heavy atom. The van der Waals surface area contributed by atoms with Crippen LogP contribution in [0, 0.1) is 0 Å². The summed E-state index contributed by atoms with van der Waals surface area (Å²) in [6, 6.07) is 12.5. The summed E-state index contributed by atoms with van der Waals surface area (Å²) in [5, 5.41) is 2.34. The van der Waals surface area contributed by atoms with E-state index in [9.17, 15) is 4.39 Å². The predicted octanol–water partition coefficient (Wildman–Crippen LogP) is 3.58. The number of benzene rings is 2. The molecule has 0 N–H and O–H groups in total. The Morgan fingerprint density at radius 2 is 2.05 bits per heavy atom. The molecule has 0 bridgehead atoms. The van der Waals surface area contributed by atoms with Gasteiger partial charge in [0.25, 0.3) is 0 Å². The summed E-state index contributed by atoms with van der Waals surface area (Å²) in [6.45, 7) is 2.99. The molecule has 3 nitrogen and oxygen atoms in total. The van der Waals surface area contributed by atoms with Crippen LogP contribution in [-0.2, 0) is 4.74 Å². The van der Waals surface area contributed by atoms with Crippen molar-refractivity contribution < 1.29 is 13.9 Å². The van der Waals surface area contributed by atoms with Crippen LogP contribution >= 0.6 is 0 Å². The molecule has 0 saturated carbocycles. The number of methoxy groups -OCH3 is 1. The van der Waals surface area contributed by atoms with Crippen LogP contribution < -0.4 is 4.74 Å². The lowest BCUT2D eigenvalue weighted by Crippen LogP contribution is -2.38. The number of morpholine rings is 1. The second kappa shape index (κ2) is 7.07. The highest BCUT2D eigenvalue weighted by Crippen LogP contribution is 2.27. The van der Waals surface area contributed by atoms with Gasteiger partial charge in [-0.1, -0.05) is 18.2 Å². The number of ether oxygens (including phenoxy) is 2. The van der Waals surface area contributed by atoms with Crippen molar-refractivity contribution in [1.82, 2.24) is 4.90 Å². The fraction of sp³-hybridized carbons (Fsp3) is 0.444. The maximum absolute atomic E-state index is 12.3. The lowest BCUT2D eigenvalue weighted by molar-refractivity contribution is -0.0305. The number of alkyl halides is 1. The van der Waals surface area contributed by atoms with E-state index in [4.69, 9.17) is 9.47 Å². The molecular formula is C18H22FNO2. The van der Waals surface area contributed by atoms with Crippen molar-refractivity contribution in [2.24, 2.45) is 0 Å². The van der Waals surface area contributed by atoms with Gasteiger partial charge in [-0.25, -0.2) is 0 Å². The highest BCUT2D eigenvalue weighted by molar-refractivity contribution is 5.84. The van der Waals surface area contributed by atoms with E-state index in [2.05, 4.69) is 29.2 Å². The van der Waals surface area contributed by atoms with Crippen LogP contribution in [0.15, 0.2) is 36.4 Å². The van der Waals surface area contributed by atoms with Crippen molar-refractivity contribution in [3.05, 3.63) is 42.0 Å². The van der Waals surface area contributed by atoms with E-state index in [-0.39, 0.29) is 12.8 Å². The van der Waals surface area contributed by atoms with Crippen molar-refractivity contribution in [3.8, 4) is 5.75 Å². The molecule has 2 aromatic carbocycles. The molecule has 1 heterocycles. The molecule has 1 unspecified atom stereocenters. The zero-order chi connectivity index (χ0) is 15.4. The minimum absolute atomic E-state index is 0.0693. The number of halogens is 1. The monoisotopic (exact) mass is 303 g/mol. The van der Waals surface area contributed by atoms with E-state index >= 15 is 0 Å². The lowest BCUT2D eigenvalue weighted by atomic mass is 10.0. The van der Waals surface area contributed by atoms with E-state index in [1.54, 1.807) is 7.11 Å². The van der Waals surface area contributed by atoms with Crippen LogP contribution in [0.1, 0.15) is 18.1 Å². The quantitative estimate of drug-likeness (QED) is 0.842. The number of fused-ring (bicyclic) bond motifs is 1. The molecule has 0 amide bonds. The summed E-state index contributed by atoms with van der Waals surface area (Å²) in [5.41, 5.74) is 1.18. The number of hydrogen-bond donors (Lipinski definition) is 0. The van der Waals surface area contributed by atoms with Crippen LogP contribution in [0.4, 0.5) is 4.39 Å². The van der Waals surface area contributed by atoms with Crippen molar-refractivity contribution in [2.75, 3.05) is 40.0 Å². The third-order valence-corrected chi connectivity index (χ3v) is 4.20. The Bertz CT molecular complexity index is 632. The van der Waals surface area contributed by atoms with Gasteiger partial charge in [0, 0.05) is 19.6 Å². The van der Waals surface area contributed by atoms with Crippen LogP contribution in [0.25, 0.3) is 10.8 Å².